The van der Waals surface area contributed by atoms with Crippen LogP contribution in [0.3, 0.4) is 0 Å². The molecule has 2 fully saturated rings. The number of Topliss-reactive ketones (excluding diaryl/α,β-unsaturated/α-hetero) is 1. The number of likely N-dealkylation sites (tertiary alicyclic amines) is 1. The van der Waals surface area contributed by atoms with E-state index in [1.54, 1.807) is 43.5 Å². The molecule has 2 aliphatic heterocycles. The molecule has 0 saturated carbocycles. The highest BCUT2D eigenvalue weighted by molar-refractivity contribution is 7.09. The number of benzene rings is 2. The maximum absolute atomic E-state index is 15.3. The molecule has 15 atom stereocenters. The van der Waals surface area contributed by atoms with Crippen molar-refractivity contribution in [3.8, 4) is 5.75 Å². The molecule has 5 rings (SSSR count). The van der Waals surface area contributed by atoms with Crippen LogP contribution in [0.5, 0.6) is 5.75 Å². The first-order valence-electron chi connectivity index (χ1n) is 47.5. The van der Waals surface area contributed by atoms with Gasteiger partial charge in [0.25, 0.3) is 5.91 Å². The lowest BCUT2D eigenvalue weighted by atomic mass is 9.82. The van der Waals surface area contributed by atoms with E-state index in [4.69, 9.17) is 86.9 Å². The maximum Gasteiger partial charge on any atom is 0.335 e. The van der Waals surface area contributed by atoms with Gasteiger partial charge in [0, 0.05) is 108 Å². The highest BCUT2D eigenvalue weighted by Crippen LogP contribution is 2.37. The number of ketones is 1. The Balaban J connectivity index is 1.12. The van der Waals surface area contributed by atoms with E-state index in [1.807, 2.05) is 72.0 Å². The minimum atomic E-state index is -2.07. The van der Waals surface area contributed by atoms with Crippen LogP contribution in [0, 0.1) is 23.7 Å². The smallest absolute Gasteiger partial charge is 0.335 e. The third kappa shape index (κ3) is 46.6. The zero-order valence-corrected chi connectivity index (χ0v) is 81.9. The van der Waals surface area contributed by atoms with Crippen LogP contribution in [0.4, 0.5) is 5.69 Å². The van der Waals surface area contributed by atoms with Crippen molar-refractivity contribution in [2.24, 2.45) is 29.4 Å². The summed E-state index contributed by atoms with van der Waals surface area (Å²) >= 11 is 1.24. The molecule has 0 bridgehead atoms. The molecule has 14 N–H and O–H groups in total. The molecule has 2 saturated heterocycles. The Morgan fingerprint density at radius 2 is 1.18 bits per heavy atom. The number of nitrogens with zero attached hydrogens (tertiary/aromatic N) is 3. The Morgan fingerprint density at radius 1 is 0.606 bits per heavy atom. The molecule has 3 unspecified atom stereocenters. The number of hydrogen-bond donors (Lipinski definition) is 13. The number of carboxylic acids is 3. The Labute approximate surface area is 807 Å². The first-order valence-corrected chi connectivity index (χ1v) is 48.4. The molecule has 3 heterocycles. The monoisotopic (exact) mass is 1970 g/mol. The summed E-state index contributed by atoms with van der Waals surface area (Å²) in [7, 11) is 5.29. The number of rotatable bonds is 78. The van der Waals surface area contributed by atoms with E-state index in [-0.39, 0.29) is 129 Å². The Kier molecular flexibility index (Phi) is 59.5. The number of hydrogen-bond acceptors (Lipinski definition) is 32. The summed E-state index contributed by atoms with van der Waals surface area (Å²) in [5, 5.41) is 79.7. The highest BCUT2D eigenvalue weighted by Gasteiger charge is 2.49. The van der Waals surface area contributed by atoms with Crippen molar-refractivity contribution in [1.82, 2.24) is 36.5 Å². The molecule has 7 amide bonds. The number of ether oxygens (including phenoxy) is 15. The van der Waals surface area contributed by atoms with E-state index in [0.717, 1.165) is 12.0 Å². The van der Waals surface area contributed by atoms with Crippen molar-refractivity contribution in [2.75, 3.05) is 211 Å². The third-order valence-electron chi connectivity index (χ3n) is 23.3. The molecule has 776 valence electrons. The number of nitrogens with one attached hydrogen (secondary N) is 6. The number of nitrogens with two attached hydrogens (primary N) is 1. The number of methoxy groups -OCH3 is 1. The van der Waals surface area contributed by atoms with Crippen LogP contribution in [-0.2, 0) is 127 Å². The van der Waals surface area contributed by atoms with Crippen LogP contribution in [-0.4, -0.2) is 377 Å². The van der Waals surface area contributed by atoms with E-state index in [2.05, 4.69) is 31.9 Å². The zero-order chi connectivity index (χ0) is 100. The number of aromatic nitrogens is 1. The molecule has 2 aromatic carbocycles. The van der Waals surface area contributed by atoms with Crippen LogP contribution < -0.4 is 42.4 Å². The molecule has 42 nitrogen and oxygen atoms in total. The molecular formula is C94H153N10O32S+. The van der Waals surface area contributed by atoms with Gasteiger partial charge in [0.15, 0.2) is 11.9 Å². The minimum Gasteiger partial charge on any atom is -0.481 e. The number of carbonyl (C=O) groups is 11. The van der Waals surface area contributed by atoms with E-state index in [0.29, 0.717) is 188 Å². The number of aliphatic carboxylic acids is 3. The number of anilines is 1. The second kappa shape index (κ2) is 68.6. The Bertz CT molecular complexity index is 3990. The van der Waals surface area contributed by atoms with Crippen LogP contribution in [0.2, 0.25) is 0 Å². The largest absolute Gasteiger partial charge is 0.481 e. The van der Waals surface area contributed by atoms with Gasteiger partial charge in [0.2, 0.25) is 41.7 Å². The summed E-state index contributed by atoms with van der Waals surface area (Å²) in [6.45, 7) is 21.0. The highest BCUT2D eigenvalue weighted by atomic mass is 32.1. The number of aliphatic hydroxyl groups excluding tert-OH is 3. The van der Waals surface area contributed by atoms with Crippen molar-refractivity contribution >= 4 is 82.1 Å². The molecule has 2 aliphatic rings. The van der Waals surface area contributed by atoms with Crippen molar-refractivity contribution in [1.29, 1.82) is 0 Å². The van der Waals surface area contributed by atoms with Crippen molar-refractivity contribution < 1.29 is 159 Å². The fourth-order valence-corrected chi connectivity index (χ4v) is 16.2. The van der Waals surface area contributed by atoms with Crippen molar-refractivity contribution in [3.05, 3.63) is 75.7 Å². The average Bonchev–Trinajstić information content (AvgIpc) is 1.29. The summed E-state index contributed by atoms with van der Waals surface area (Å²) in [6.07, 6.45) is -8.36. The van der Waals surface area contributed by atoms with Crippen LogP contribution in [0.1, 0.15) is 164 Å². The molecule has 1 aromatic heterocycles. The van der Waals surface area contributed by atoms with Gasteiger partial charge in [-0.3, -0.25) is 47.9 Å². The van der Waals surface area contributed by atoms with Crippen molar-refractivity contribution in [2.45, 2.75) is 211 Å². The summed E-state index contributed by atoms with van der Waals surface area (Å²) in [5.74, 6) is -10.3. The van der Waals surface area contributed by atoms with Crippen LogP contribution >= 0.6 is 11.3 Å². The number of carboxylic acid groups (broad SMARTS) is 3. The fraction of sp³-hybridized carbons (Fsp3) is 0.723. The predicted octanol–water partition coefficient (Wildman–Crippen LogP) is 3.38. The summed E-state index contributed by atoms with van der Waals surface area (Å²) in [5.41, 5.74) is 7.44. The standard InChI is InChI=1S/C94H152N10O32S/c1-10-64(5)69(91(117)103(7)74(63(3)4)59-78(134-11-2)90-102-73(62-137-90)89(116)98-68(55-65(6)92(118)119)56-66-19-13-12-14-20-66)58-76(105)75-22-16-18-31-104(75,8)61-67-23-24-77(135-94-85(113)83(111)84(112)86(136-94)93(120)121)71(57-67)99-81(108)27-30-97-87(114)70(101-88(115)72(60-95)100-80(107)25-26-82(109)110)21-15-17-29-96-79(106)28-32-123-35-36-125-39-40-127-43-44-129-47-48-131-51-52-133-54-53-132-50-49-130-46-45-128-42-41-126-38-37-124-34-33-122-9/h12-14,19-20,23-24,57,62-65,68-70,72,74-75,78,83-86,94,111-113H,10-11,15-18,21-22,25-56,58-61,95H2,1-9H3,(H8-,96,97,98,99,100,101,106,107,108,109,110,114,115,116,118,119,120,121)/p+1/t64-,65-,68+,69-,70?,72?,74+,75+,78+,83-,84-,85+,86-,94+,104?/m0/s1. The number of quaternary nitrogens is 1. The average molecular weight is 1970 g/mol. The predicted molar refractivity (Wildman–Crippen MR) is 500 cm³/mol. The normalized spacial score (nSPS) is 18.9. The van der Waals surface area contributed by atoms with Gasteiger partial charge in [-0.2, -0.15) is 0 Å². The molecule has 43 heteroatoms. The van der Waals surface area contributed by atoms with Gasteiger partial charge in [-0.25, -0.2) is 9.78 Å². The Hall–Kier alpha value is -8.52. The van der Waals surface area contributed by atoms with Gasteiger partial charge < -0.3 is 149 Å². The molecule has 0 spiro atoms. The Morgan fingerprint density at radius 3 is 1.70 bits per heavy atom. The summed E-state index contributed by atoms with van der Waals surface area (Å²) < 4.78 is 83.5. The maximum atomic E-state index is 15.3. The number of aliphatic hydroxyl groups is 3. The van der Waals surface area contributed by atoms with Crippen LogP contribution in [0.25, 0.3) is 0 Å². The third-order valence-corrected chi connectivity index (χ3v) is 24.2. The molecule has 3 aromatic rings. The number of amides is 7. The molecule has 137 heavy (non-hydrogen) atoms. The van der Waals surface area contributed by atoms with E-state index >= 15 is 9.59 Å². The second-order valence-electron chi connectivity index (χ2n) is 34.3. The first-order chi connectivity index (χ1) is 65.8. The van der Waals surface area contributed by atoms with Gasteiger partial charge in [0.1, 0.15) is 65.5 Å². The lowest BCUT2D eigenvalue weighted by molar-refractivity contribution is -0.941. The number of thiazole rings is 1. The fourth-order valence-electron chi connectivity index (χ4n) is 15.4. The number of likely N-dealkylation sites (N-methyl/N-ethyl adjacent to an activating group) is 1. The quantitative estimate of drug-likeness (QED) is 0.0284. The van der Waals surface area contributed by atoms with Gasteiger partial charge >= 0.3 is 17.9 Å². The van der Waals surface area contributed by atoms with Gasteiger partial charge in [-0.05, 0) is 87.5 Å². The van der Waals surface area contributed by atoms with E-state index in [9.17, 15) is 68.7 Å². The second-order valence-corrected chi connectivity index (χ2v) is 35.2. The number of carbonyl (C=O) groups excluding carboxylic acids is 8. The van der Waals surface area contributed by atoms with Gasteiger partial charge in [-0.15, -0.1) is 11.3 Å². The summed E-state index contributed by atoms with van der Waals surface area (Å²) in [6, 6.07) is 9.79. The number of unbranched alkanes of at least 4 members (excludes halogenated alkanes) is 1. The van der Waals surface area contributed by atoms with E-state index < -0.39 is 152 Å². The minimum absolute atomic E-state index is 0.0226. The van der Waals surface area contributed by atoms with Crippen LogP contribution in [0.15, 0.2) is 53.9 Å². The van der Waals surface area contributed by atoms with Crippen molar-refractivity contribution in [3.63, 3.8) is 0 Å². The van der Waals surface area contributed by atoms with Gasteiger partial charge in [0.05, 0.1) is 184 Å². The van der Waals surface area contributed by atoms with Gasteiger partial charge in [-0.1, -0.05) is 71.4 Å². The summed E-state index contributed by atoms with van der Waals surface area (Å²) in [4.78, 5) is 154. The van der Waals surface area contributed by atoms with E-state index in [1.165, 1.54) is 17.4 Å². The topological polar surface area (TPSA) is 562 Å². The lowest BCUT2D eigenvalue weighted by Gasteiger charge is -2.45. The number of piperidine rings is 1. The zero-order valence-electron chi connectivity index (χ0n) is 81.1. The SMILES string of the molecule is CCO[C@H](C[C@H](C(C)C)N(C)C(=O)[C@@H](CC(=O)[C@H]1CCCC[N+]1(C)Cc1ccc(O[C@@H]2O[C@H](C(=O)O)[C@@H](O)[C@H](O)[C@H]2O)c(NC(=O)CCNC(=O)C(CCCCNC(=O)CCOCCOCCOCCOCCOCCOCCOCCOCCOCCOCCOCCOC)NC(=O)C(CN)NC(=O)CCC(=O)O)c1)[C@@H](C)CC)c1nc(C(=O)N[C@@H](Cc2ccccc2)C[C@H](C)C(=O)O)cs1. The molecule has 0 aliphatic carbocycles. The first kappa shape index (κ1) is 119. The lowest BCUT2D eigenvalue weighted by Crippen LogP contribution is -2.61. The molecular weight excluding hydrogens is 1810 g/mol. The molecule has 0 radical (unpaired) electrons.